The summed E-state index contributed by atoms with van der Waals surface area (Å²) in [5.74, 6) is -0.835. The normalized spacial score (nSPS) is 21.7. The van der Waals surface area contributed by atoms with Crippen molar-refractivity contribution in [2.75, 3.05) is 41.1 Å². The zero-order valence-corrected chi connectivity index (χ0v) is 35.7. The SMILES string of the molecule is C[C@H]1[C@H]([Si](C)(C)F)[C@@H](CC(=O)N(CCO)Cc2ccccc2)O[C@]12C(=O)N(Cc1ccc(N3C(=O)COc4ccccc43)cc1)c1ccc(N3C(=O)COc4ccccc43)cc12. The number of anilines is 5. The third-order valence-corrected chi connectivity index (χ3v) is 14.9. The van der Waals surface area contributed by atoms with Gasteiger partial charge < -0.3 is 33.2 Å². The summed E-state index contributed by atoms with van der Waals surface area (Å²) >= 11 is 0. The van der Waals surface area contributed by atoms with Crippen molar-refractivity contribution in [3.63, 3.8) is 0 Å². The van der Waals surface area contributed by atoms with Crippen LogP contribution >= 0.6 is 0 Å². The molecule has 0 radical (unpaired) electrons. The molecule has 4 amide bonds. The predicted octanol–water partition coefficient (Wildman–Crippen LogP) is 7.53. The zero-order chi connectivity index (χ0) is 43.3. The Balaban J connectivity index is 1.10. The third kappa shape index (κ3) is 7.11. The molecule has 14 heteroatoms. The number of hydrogen-bond donors (Lipinski definition) is 1. The van der Waals surface area contributed by atoms with E-state index in [1.165, 1.54) is 0 Å². The Labute approximate surface area is 360 Å². The molecule has 1 N–H and O–H groups in total. The molecule has 318 valence electrons. The lowest BCUT2D eigenvalue weighted by Gasteiger charge is -2.32. The molecule has 4 aliphatic rings. The number of para-hydroxylation sites is 4. The maximum Gasteiger partial charge on any atom is 0.269 e. The van der Waals surface area contributed by atoms with Gasteiger partial charge in [-0.1, -0.05) is 73.7 Å². The fourth-order valence-electron chi connectivity index (χ4n) is 9.75. The summed E-state index contributed by atoms with van der Waals surface area (Å²) < 4.78 is 35.3. The van der Waals surface area contributed by atoms with Crippen molar-refractivity contribution < 1.29 is 42.6 Å². The summed E-state index contributed by atoms with van der Waals surface area (Å²) in [6, 6.07) is 36.7. The van der Waals surface area contributed by atoms with Gasteiger partial charge in [0.05, 0.1) is 42.7 Å². The molecule has 1 spiro atoms. The Bertz CT molecular complexity index is 2550. The summed E-state index contributed by atoms with van der Waals surface area (Å²) in [6.07, 6.45) is -1.17. The predicted molar refractivity (Wildman–Crippen MR) is 234 cm³/mol. The first-order chi connectivity index (χ1) is 29.9. The maximum atomic E-state index is 16.9. The number of nitrogens with zero attached hydrogens (tertiary/aromatic N) is 4. The van der Waals surface area contributed by atoms with Crippen molar-refractivity contribution in [1.29, 1.82) is 0 Å². The van der Waals surface area contributed by atoms with Gasteiger partial charge in [0, 0.05) is 41.5 Å². The third-order valence-electron chi connectivity index (χ3n) is 12.5. The molecule has 12 nitrogen and oxygen atoms in total. The molecular formula is C48H47FN4O8Si. The Morgan fingerprint density at radius 1 is 0.774 bits per heavy atom. The van der Waals surface area contributed by atoms with E-state index in [0.717, 1.165) is 11.1 Å². The van der Waals surface area contributed by atoms with Gasteiger partial charge in [0.1, 0.15) is 11.5 Å². The van der Waals surface area contributed by atoms with Gasteiger partial charge in [-0.15, -0.1) is 0 Å². The van der Waals surface area contributed by atoms with Crippen LogP contribution in [0.5, 0.6) is 11.5 Å². The summed E-state index contributed by atoms with van der Waals surface area (Å²) in [5.41, 5.74) is 2.46. The number of aliphatic hydroxyl groups is 1. The molecule has 9 rings (SSSR count). The monoisotopic (exact) mass is 854 g/mol. The number of carbonyl (C=O) groups is 4. The van der Waals surface area contributed by atoms with Crippen LogP contribution in [0.15, 0.2) is 121 Å². The highest BCUT2D eigenvalue weighted by Gasteiger charge is 2.67. The molecule has 1 saturated heterocycles. The first kappa shape index (κ1) is 41.0. The van der Waals surface area contributed by atoms with E-state index in [9.17, 15) is 19.5 Å². The van der Waals surface area contributed by atoms with E-state index in [0.29, 0.717) is 45.5 Å². The lowest BCUT2D eigenvalue weighted by atomic mass is 9.82. The van der Waals surface area contributed by atoms with Crippen LogP contribution in [0, 0.1) is 5.92 Å². The van der Waals surface area contributed by atoms with Gasteiger partial charge in [-0.05, 0) is 78.8 Å². The summed E-state index contributed by atoms with van der Waals surface area (Å²) in [5, 5.41) is 9.97. The molecule has 1 fully saturated rings. The Kier molecular flexibility index (Phi) is 10.7. The quantitative estimate of drug-likeness (QED) is 0.107. The van der Waals surface area contributed by atoms with Gasteiger partial charge in [0.15, 0.2) is 18.8 Å². The van der Waals surface area contributed by atoms with Gasteiger partial charge in [-0.3, -0.25) is 29.0 Å². The van der Waals surface area contributed by atoms with Gasteiger partial charge in [0.2, 0.25) is 14.3 Å². The zero-order valence-electron chi connectivity index (χ0n) is 34.7. The van der Waals surface area contributed by atoms with E-state index in [4.69, 9.17) is 14.2 Å². The second-order valence-electron chi connectivity index (χ2n) is 16.7. The molecule has 62 heavy (non-hydrogen) atoms. The van der Waals surface area contributed by atoms with Crippen molar-refractivity contribution in [3.8, 4) is 11.5 Å². The summed E-state index contributed by atoms with van der Waals surface area (Å²) in [7, 11) is -3.68. The number of benzene rings is 5. The number of rotatable bonds is 11. The topological polar surface area (TPSA) is 129 Å². The highest BCUT2D eigenvalue weighted by atomic mass is 28.4. The number of carbonyl (C=O) groups excluding carboxylic acids is 4. The molecule has 4 heterocycles. The van der Waals surface area contributed by atoms with E-state index in [2.05, 4.69) is 0 Å². The molecule has 5 aromatic rings. The van der Waals surface area contributed by atoms with Crippen molar-refractivity contribution in [2.24, 2.45) is 5.92 Å². The van der Waals surface area contributed by atoms with Crippen molar-refractivity contribution in [2.45, 2.75) is 56.8 Å². The molecular weight excluding hydrogens is 808 g/mol. The number of hydrogen-bond acceptors (Lipinski definition) is 8. The minimum absolute atomic E-state index is 0.0706. The molecule has 4 atom stereocenters. The highest BCUT2D eigenvalue weighted by Crippen LogP contribution is 2.61. The van der Waals surface area contributed by atoms with Crippen LogP contribution in [0.4, 0.5) is 32.5 Å². The minimum atomic E-state index is -3.68. The fourth-order valence-corrected chi connectivity index (χ4v) is 12.2. The molecule has 4 aliphatic heterocycles. The number of halogens is 1. The number of fused-ring (bicyclic) bond motifs is 4. The van der Waals surface area contributed by atoms with Gasteiger partial charge in [0.25, 0.3) is 17.7 Å². The molecule has 0 bridgehead atoms. The highest BCUT2D eigenvalue weighted by molar-refractivity contribution is 6.72. The second kappa shape index (κ2) is 16.2. The maximum absolute atomic E-state index is 16.9. The van der Waals surface area contributed by atoms with Crippen LogP contribution in [-0.2, 0) is 42.6 Å². The number of ether oxygens (including phenoxy) is 3. The Morgan fingerprint density at radius 2 is 1.35 bits per heavy atom. The van der Waals surface area contributed by atoms with Crippen molar-refractivity contribution in [1.82, 2.24) is 4.90 Å². The lowest BCUT2D eigenvalue weighted by Crippen LogP contribution is -2.45. The molecule has 5 aromatic carbocycles. The minimum Gasteiger partial charge on any atom is -0.482 e. The lowest BCUT2D eigenvalue weighted by molar-refractivity contribution is -0.150. The van der Waals surface area contributed by atoms with Crippen LogP contribution in [0.3, 0.4) is 0 Å². The van der Waals surface area contributed by atoms with Crippen LogP contribution in [-0.4, -0.2) is 74.5 Å². The smallest absolute Gasteiger partial charge is 0.269 e. The standard InChI is InChI=1S/C48H47FN4O8Si/c1-31-46(62(2,3)49)42(26-43(55)50(23-24-54)27-32-11-5-4-6-12-32)61-48(31)36-25-35(53-39-14-8-10-16-41(39)60-30-45(53)57)21-22-37(36)51(47(48)58)28-33-17-19-34(20-18-33)52-38-13-7-9-15-40(38)59-29-44(52)56/h4-22,25,31,42,46,54H,23-24,26-30H2,1-3H3/t31-,42+,46-,48+/m0/s1. The number of amides is 4. The average Bonchev–Trinajstić information content (AvgIpc) is 3.69. The van der Waals surface area contributed by atoms with Crippen LogP contribution in [0.1, 0.15) is 30.0 Å². The Hall–Kier alpha value is -6.35. The van der Waals surface area contributed by atoms with Crippen LogP contribution in [0.25, 0.3) is 0 Å². The largest absolute Gasteiger partial charge is 0.482 e. The molecule has 0 unspecified atom stereocenters. The van der Waals surface area contributed by atoms with E-state index in [1.807, 2.05) is 97.9 Å². The van der Waals surface area contributed by atoms with Crippen molar-refractivity contribution >= 4 is 60.5 Å². The van der Waals surface area contributed by atoms with E-state index in [1.54, 1.807) is 63.0 Å². The Morgan fingerprint density at radius 3 is 1.97 bits per heavy atom. The first-order valence-electron chi connectivity index (χ1n) is 20.8. The van der Waals surface area contributed by atoms with Gasteiger partial charge in [-0.25, -0.2) is 0 Å². The first-order valence-corrected chi connectivity index (χ1v) is 23.8. The van der Waals surface area contributed by atoms with Crippen LogP contribution in [0.2, 0.25) is 18.6 Å². The van der Waals surface area contributed by atoms with Gasteiger partial charge >= 0.3 is 0 Å². The molecule has 0 saturated carbocycles. The van der Waals surface area contributed by atoms with E-state index < -0.39 is 37.5 Å². The van der Waals surface area contributed by atoms with E-state index in [-0.39, 0.29) is 63.6 Å². The number of aliphatic hydroxyl groups excluding tert-OH is 1. The van der Waals surface area contributed by atoms with Gasteiger partial charge in [-0.2, -0.15) is 0 Å². The molecule has 0 aliphatic carbocycles. The second-order valence-corrected chi connectivity index (χ2v) is 20.5. The molecule has 0 aromatic heterocycles. The van der Waals surface area contributed by atoms with E-state index >= 15 is 8.90 Å². The summed E-state index contributed by atoms with van der Waals surface area (Å²) in [4.78, 5) is 62.7. The van der Waals surface area contributed by atoms with Crippen molar-refractivity contribution in [3.05, 3.63) is 138 Å². The fraction of sp³-hybridized carbons (Fsp3) is 0.292. The average molecular weight is 855 g/mol. The van der Waals surface area contributed by atoms with Crippen LogP contribution < -0.4 is 24.2 Å². The summed E-state index contributed by atoms with van der Waals surface area (Å²) in [6.45, 7) is 4.88.